The zero-order valence-corrected chi connectivity index (χ0v) is 7.93. The van der Waals surface area contributed by atoms with E-state index in [2.05, 4.69) is 0 Å². The van der Waals surface area contributed by atoms with Crippen molar-refractivity contribution in [1.82, 2.24) is 0 Å². The second kappa shape index (κ2) is 5.19. The molecule has 0 atom stereocenters. The van der Waals surface area contributed by atoms with Gasteiger partial charge in [0.2, 0.25) is 0 Å². The lowest BCUT2D eigenvalue weighted by Crippen LogP contribution is -2.03. The second-order valence-corrected chi connectivity index (χ2v) is 2.72. The van der Waals surface area contributed by atoms with E-state index in [1.807, 2.05) is 0 Å². The Kier molecular flexibility index (Phi) is 3.88. The van der Waals surface area contributed by atoms with Gasteiger partial charge in [-0.05, 0) is 24.6 Å². The van der Waals surface area contributed by atoms with Gasteiger partial charge in [0.05, 0.1) is 6.61 Å². The SMILES string of the molecule is C/C=C/C(=O)Oc1ccc(CO)cc1. The summed E-state index contributed by atoms with van der Waals surface area (Å²) in [6.45, 7) is 1.74. The largest absolute Gasteiger partial charge is 0.423 e. The van der Waals surface area contributed by atoms with Crippen molar-refractivity contribution in [3.63, 3.8) is 0 Å². The summed E-state index contributed by atoms with van der Waals surface area (Å²) < 4.78 is 4.95. The number of aliphatic hydroxyl groups excluding tert-OH is 1. The minimum atomic E-state index is -0.399. The highest BCUT2D eigenvalue weighted by molar-refractivity contribution is 5.83. The molecule has 3 heteroatoms. The summed E-state index contributed by atoms with van der Waals surface area (Å²) in [5, 5.41) is 8.78. The van der Waals surface area contributed by atoms with Gasteiger partial charge in [0.25, 0.3) is 0 Å². The fourth-order valence-electron chi connectivity index (χ4n) is 0.949. The fraction of sp³-hybridized carbons (Fsp3) is 0.182. The van der Waals surface area contributed by atoms with Crippen LogP contribution in [0.2, 0.25) is 0 Å². The van der Waals surface area contributed by atoms with Crippen molar-refractivity contribution in [2.45, 2.75) is 13.5 Å². The summed E-state index contributed by atoms with van der Waals surface area (Å²) in [6.07, 6.45) is 2.96. The topological polar surface area (TPSA) is 46.5 Å². The number of hydrogen-bond donors (Lipinski definition) is 1. The minimum Gasteiger partial charge on any atom is -0.423 e. The first-order valence-corrected chi connectivity index (χ1v) is 4.30. The van der Waals surface area contributed by atoms with E-state index in [0.29, 0.717) is 5.75 Å². The van der Waals surface area contributed by atoms with Gasteiger partial charge >= 0.3 is 5.97 Å². The molecule has 0 bridgehead atoms. The van der Waals surface area contributed by atoms with E-state index in [9.17, 15) is 4.79 Å². The number of allylic oxidation sites excluding steroid dienone is 1. The Morgan fingerprint density at radius 1 is 1.43 bits per heavy atom. The van der Waals surface area contributed by atoms with Crippen LogP contribution in [0.5, 0.6) is 5.75 Å². The molecule has 0 aliphatic carbocycles. The van der Waals surface area contributed by atoms with Crippen molar-refractivity contribution in [2.24, 2.45) is 0 Å². The lowest BCUT2D eigenvalue weighted by molar-refractivity contribution is -0.129. The molecule has 0 aliphatic heterocycles. The van der Waals surface area contributed by atoms with E-state index in [0.717, 1.165) is 5.56 Å². The molecule has 74 valence electrons. The van der Waals surface area contributed by atoms with Crippen molar-refractivity contribution < 1.29 is 14.6 Å². The van der Waals surface area contributed by atoms with Gasteiger partial charge in [-0.15, -0.1) is 0 Å². The van der Waals surface area contributed by atoms with Gasteiger partial charge in [-0.3, -0.25) is 0 Å². The molecule has 0 saturated heterocycles. The van der Waals surface area contributed by atoms with Gasteiger partial charge < -0.3 is 9.84 Å². The van der Waals surface area contributed by atoms with Gasteiger partial charge in [0, 0.05) is 6.08 Å². The summed E-state index contributed by atoms with van der Waals surface area (Å²) in [5.41, 5.74) is 0.788. The number of carbonyl (C=O) groups is 1. The molecule has 1 rings (SSSR count). The number of benzene rings is 1. The van der Waals surface area contributed by atoms with E-state index >= 15 is 0 Å². The summed E-state index contributed by atoms with van der Waals surface area (Å²) in [6, 6.07) is 6.70. The van der Waals surface area contributed by atoms with E-state index in [1.165, 1.54) is 6.08 Å². The van der Waals surface area contributed by atoms with Gasteiger partial charge in [-0.2, -0.15) is 0 Å². The van der Waals surface area contributed by atoms with Gasteiger partial charge in [0.1, 0.15) is 5.75 Å². The molecule has 0 fully saturated rings. The highest BCUT2D eigenvalue weighted by Gasteiger charge is 1.99. The third-order valence-corrected chi connectivity index (χ3v) is 1.63. The first kappa shape index (κ1) is 10.5. The van der Waals surface area contributed by atoms with Crippen molar-refractivity contribution >= 4 is 5.97 Å². The van der Waals surface area contributed by atoms with Crippen molar-refractivity contribution in [1.29, 1.82) is 0 Å². The lowest BCUT2D eigenvalue weighted by Gasteiger charge is -2.01. The standard InChI is InChI=1S/C11H12O3/c1-2-3-11(13)14-10-6-4-9(8-12)5-7-10/h2-7,12H,8H2,1H3/b3-2+. The van der Waals surface area contributed by atoms with Crippen molar-refractivity contribution in [3.8, 4) is 5.75 Å². The normalized spacial score (nSPS) is 10.4. The third-order valence-electron chi connectivity index (χ3n) is 1.63. The summed E-state index contributed by atoms with van der Waals surface area (Å²) in [5.74, 6) is 0.0783. The number of hydrogen-bond acceptors (Lipinski definition) is 3. The van der Waals surface area contributed by atoms with Crippen LogP contribution in [0.4, 0.5) is 0 Å². The quantitative estimate of drug-likeness (QED) is 0.450. The molecule has 3 nitrogen and oxygen atoms in total. The highest BCUT2D eigenvalue weighted by Crippen LogP contribution is 2.12. The third kappa shape index (κ3) is 3.03. The Labute approximate surface area is 82.6 Å². The molecule has 0 spiro atoms. The van der Waals surface area contributed by atoms with E-state index in [4.69, 9.17) is 9.84 Å². The highest BCUT2D eigenvalue weighted by atomic mass is 16.5. The van der Waals surface area contributed by atoms with Crippen LogP contribution in [-0.2, 0) is 11.4 Å². The first-order chi connectivity index (χ1) is 6.76. The van der Waals surface area contributed by atoms with Crippen molar-refractivity contribution in [2.75, 3.05) is 0 Å². The molecule has 0 unspecified atom stereocenters. The van der Waals surface area contributed by atoms with Crippen LogP contribution in [0.25, 0.3) is 0 Å². The maximum absolute atomic E-state index is 11.0. The average molecular weight is 192 g/mol. The molecular formula is C11H12O3. The van der Waals surface area contributed by atoms with Crippen LogP contribution in [0, 0.1) is 0 Å². The second-order valence-electron chi connectivity index (χ2n) is 2.72. The monoisotopic (exact) mass is 192 g/mol. The molecule has 1 aromatic rings. The number of carbonyl (C=O) groups excluding carboxylic acids is 1. The molecule has 0 heterocycles. The molecule has 0 aliphatic rings. The minimum absolute atomic E-state index is 0.0108. The van der Waals surface area contributed by atoms with E-state index in [-0.39, 0.29) is 6.61 Å². The van der Waals surface area contributed by atoms with Gasteiger partial charge in [0.15, 0.2) is 0 Å². The van der Waals surface area contributed by atoms with Crippen LogP contribution in [0.3, 0.4) is 0 Å². The maximum atomic E-state index is 11.0. The van der Waals surface area contributed by atoms with E-state index in [1.54, 1.807) is 37.3 Å². The molecule has 0 saturated carbocycles. The van der Waals surface area contributed by atoms with Gasteiger partial charge in [-0.25, -0.2) is 4.79 Å². The Balaban J connectivity index is 2.64. The lowest BCUT2D eigenvalue weighted by atomic mass is 10.2. The molecule has 0 radical (unpaired) electrons. The van der Waals surface area contributed by atoms with Crippen LogP contribution < -0.4 is 4.74 Å². The number of aliphatic hydroxyl groups is 1. The summed E-state index contributed by atoms with van der Waals surface area (Å²) >= 11 is 0. The predicted octanol–water partition coefficient (Wildman–Crippen LogP) is 1.66. The maximum Gasteiger partial charge on any atom is 0.335 e. The molecule has 0 aromatic heterocycles. The van der Waals surface area contributed by atoms with Crippen LogP contribution >= 0.6 is 0 Å². The Hall–Kier alpha value is -1.61. The molecule has 1 aromatic carbocycles. The van der Waals surface area contributed by atoms with Crippen molar-refractivity contribution in [3.05, 3.63) is 42.0 Å². The first-order valence-electron chi connectivity index (χ1n) is 4.30. The molecule has 14 heavy (non-hydrogen) atoms. The Morgan fingerprint density at radius 3 is 2.57 bits per heavy atom. The summed E-state index contributed by atoms with van der Waals surface area (Å²) in [7, 11) is 0. The molecule has 1 N–H and O–H groups in total. The summed E-state index contributed by atoms with van der Waals surface area (Å²) in [4.78, 5) is 11.0. The zero-order chi connectivity index (χ0) is 10.4. The smallest absolute Gasteiger partial charge is 0.335 e. The number of esters is 1. The molecule has 0 amide bonds. The van der Waals surface area contributed by atoms with Crippen LogP contribution in [0.15, 0.2) is 36.4 Å². The van der Waals surface area contributed by atoms with Crippen LogP contribution in [0.1, 0.15) is 12.5 Å². The predicted molar refractivity (Wildman–Crippen MR) is 52.8 cm³/mol. The van der Waals surface area contributed by atoms with Gasteiger partial charge in [-0.1, -0.05) is 18.2 Å². The zero-order valence-electron chi connectivity index (χ0n) is 7.93. The molecular weight excluding hydrogens is 180 g/mol. The van der Waals surface area contributed by atoms with Crippen LogP contribution in [-0.4, -0.2) is 11.1 Å². The number of ether oxygens (including phenoxy) is 1. The Bertz CT molecular complexity index is 325. The van der Waals surface area contributed by atoms with E-state index < -0.39 is 5.97 Å². The average Bonchev–Trinajstić information content (AvgIpc) is 2.19. The number of rotatable bonds is 3. The fourth-order valence-corrected chi connectivity index (χ4v) is 0.949. The Morgan fingerprint density at radius 2 is 2.07 bits per heavy atom.